The quantitative estimate of drug-likeness (QED) is 0.375. The van der Waals surface area contributed by atoms with Crippen LogP contribution in [0, 0.1) is 5.82 Å². The monoisotopic (exact) mass is 426 g/mol. The van der Waals surface area contributed by atoms with Crippen LogP contribution in [0.15, 0.2) is 23.2 Å². The number of hydrogen-bond donors (Lipinski definition) is 3. The van der Waals surface area contributed by atoms with E-state index in [1.54, 1.807) is 6.07 Å². The Labute approximate surface area is 160 Å². The van der Waals surface area contributed by atoms with E-state index in [1.807, 2.05) is 0 Å². The minimum Gasteiger partial charge on any atom is -0.392 e. The third kappa shape index (κ3) is 5.32. The topological polar surface area (TPSA) is 94.0 Å². The number of sulfonamides is 1. The van der Waals surface area contributed by atoms with Gasteiger partial charge < -0.3 is 15.7 Å². The second-order valence-electron chi connectivity index (χ2n) is 6.28. The number of benzene rings is 1. The highest BCUT2D eigenvalue weighted by Crippen LogP contribution is 2.28. The van der Waals surface area contributed by atoms with Crippen LogP contribution >= 0.6 is 0 Å². The molecule has 2 rings (SSSR count). The van der Waals surface area contributed by atoms with Gasteiger partial charge in [-0.15, -0.1) is 0 Å². The van der Waals surface area contributed by atoms with Crippen molar-refractivity contribution in [3.05, 3.63) is 35.1 Å². The first-order valence-electron chi connectivity index (χ1n) is 8.50. The SMILES string of the molecule is CN=C(NCc1ccc(F)c(CO)c1)NC1CCN(S(=O)(=O)C(F)(F)F)CC1. The van der Waals surface area contributed by atoms with E-state index in [0.717, 1.165) is 0 Å². The summed E-state index contributed by atoms with van der Waals surface area (Å²) in [7, 11) is -3.79. The average Bonchev–Trinajstić information content (AvgIpc) is 2.65. The maximum Gasteiger partial charge on any atom is 0.511 e. The van der Waals surface area contributed by atoms with Crippen LogP contribution in [0.25, 0.3) is 0 Å². The molecule has 0 unspecified atom stereocenters. The molecule has 1 fully saturated rings. The Morgan fingerprint density at radius 2 is 1.96 bits per heavy atom. The molecule has 0 saturated carbocycles. The highest BCUT2D eigenvalue weighted by atomic mass is 32.2. The maximum atomic E-state index is 13.4. The van der Waals surface area contributed by atoms with E-state index in [1.165, 1.54) is 19.2 Å². The molecule has 0 atom stereocenters. The number of nitrogens with zero attached hydrogens (tertiary/aromatic N) is 2. The van der Waals surface area contributed by atoms with Gasteiger partial charge in [0.05, 0.1) is 6.61 Å². The fourth-order valence-electron chi connectivity index (χ4n) is 2.82. The van der Waals surface area contributed by atoms with Gasteiger partial charge in [0.1, 0.15) is 5.82 Å². The summed E-state index contributed by atoms with van der Waals surface area (Å²) in [6, 6.07) is 4.06. The van der Waals surface area contributed by atoms with E-state index < -0.39 is 28.0 Å². The first kappa shape index (κ1) is 22.4. The van der Waals surface area contributed by atoms with Gasteiger partial charge in [0.25, 0.3) is 0 Å². The lowest BCUT2D eigenvalue weighted by atomic mass is 10.1. The van der Waals surface area contributed by atoms with Crippen molar-refractivity contribution < 1.29 is 31.1 Å². The van der Waals surface area contributed by atoms with Gasteiger partial charge in [-0.3, -0.25) is 4.99 Å². The second kappa shape index (κ2) is 9.05. The molecule has 0 aliphatic carbocycles. The number of hydrogen-bond acceptors (Lipinski definition) is 4. The molecule has 1 aromatic rings. The van der Waals surface area contributed by atoms with Gasteiger partial charge in [0, 0.05) is 38.3 Å². The smallest absolute Gasteiger partial charge is 0.392 e. The van der Waals surface area contributed by atoms with Crippen LogP contribution < -0.4 is 10.6 Å². The number of halogens is 4. The molecule has 7 nitrogen and oxygen atoms in total. The first-order valence-corrected chi connectivity index (χ1v) is 9.94. The molecular formula is C16H22F4N4O3S. The van der Waals surface area contributed by atoms with Gasteiger partial charge in [-0.1, -0.05) is 6.07 Å². The Balaban J connectivity index is 1.88. The molecule has 12 heteroatoms. The maximum absolute atomic E-state index is 13.4. The number of aliphatic hydroxyl groups is 1. The largest absolute Gasteiger partial charge is 0.511 e. The Hall–Kier alpha value is -1.92. The summed E-state index contributed by atoms with van der Waals surface area (Å²) >= 11 is 0. The lowest BCUT2D eigenvalue weighted by Gasteiger charge is -2.32. The Morgan fingerprint density at radius 3 is 2.50 bits per heavy atom. The third-order valence-electron chi connectivity index (χ3n) is 4.39. The average molecular weight is 426 g/mol. The summed E-state index contributed by atoms with van der Waals surface area (Å²) in [5.74, 6) is -0.124. The van der Waals surface area contributed by atoms with Crippen molar-refractivity contribution in [2.75, 3.05) is 20.1 Å². The molecule has 1 saturated heterocycles. The zero-order chi connectivity index (χ0) is 20.9. The molecule has 1 aliphatic rings. The van der Waals surface area contributed by atoms with Crippen LogP contribution in [0.4, 0.5) is 17.6 Å². The summed E-state index contributed by atoms with van der Waals surface area (Å²) in [4.78, 5) is 4.02. The predicted octanol–water partition coefficient (Wildman–Crippen LogP) is 1.30. The number of aliphatic hydroxyl groups excluding tert-OH is 1. The number of nitrogens with one attached hydrogen (secondary N) is 2. The Morgan fingerprint density at radius 1 is 1.32 bits per heavy atom. The Bertz CT molecular complexity index is 807. The molecule has 0 amide bonds. The summed E-state index contributed by atoms with van der Waals surface area (Å²) < 4.78 is 74.5. The predicted molar refractivity (Wildman–Crippen MR) is 95.2 cm³/mol. The number of aliphatic imine (C=N–C) groups is 1. The zero-order valence-electron chi connectivity index (χ0n) is 15.1. The van der Waals surface area contributed by atoms with Crippen molar-refractivity contribution in [3.8, 4) is 0 Å². The summed E-state index contributed by atoms with van der Waals surface area (Å²) in [5.41, 5.74) is -4.42. The normalized spacial score (nSPS) is 17.6. The van der Waals surface area contributed by atoms with Crippen molar-refractivity contribution >= 4 is 16.0 Å². The lowest BCUT2D eigenvalue weighted by molar-refractivity contribution is -0.0494. The molecule has 158 valence electrons. The zero-order valence-corrected chi connectivity index (χ0v) is 15.9. The Kier molecular flexibility index (Phi) is 7.23. The van der Waals surface area contributed by atoms with E-state index in [-0.39, 0.29) is 44.1 Å². The lowest BCUT2D eigenvalue weighted by Crippen LogP contribution is -2.51. The molecular weight excluding hydrogens is 404 g/mol. The molecule has 0 bridgehead atoms. The van der Waals surface area contributed by atoms with E-state index in [4.69, 9.17) is 5.11 Å². The minimum absolute atomic E-state index is 0.167. The molecule has 3 N–H and O–H groups in total. The van der Waals surface area contributed by atoms with Crippen molar-refractivity contribution in [1.29, 1.82) is 0 Å². The van der Waals surface area contributed by atoms with Gasteiger partial charge in [-0.25, -0.2) is 12.8 Å². The molecule has 1 aromatic carbocycles. The number of piperidine rings is 1. The van der Waals surface area contributed by atoms with Gasteiger partial charge in [0.15, 0.2) is 5.96 Å². The molecule has 0 aromatic heterocycles. The van der Waals surface area contributed by atoms with E-state index >= 15 is 0 Å². The van der Waals surface area contributed by atoms with Crippen molar-refractivity contribution in [1.82, 2.24) is 14.9 Å². The van der Waals surface area contributed by atoms with Crippen LogP contribution in [-0.2, 0) is 23.2 Å². The van der Waals surface area contributed by atoms with Crippen LogP contribution in [-0.4, -0.2) is 55.5 Å². The number of guanidine groups is 1. The van der Waals surface area contributed by atoms with Crippen molar-refractivity contribution in [2.45, 2.75) is 37.5 Å². The second-order valence-corrected chi connectivity index (χ2v) is 8.21. The molecule has 28 heavy (non-hydrogen) atoms. The molecule has 0 spiro atoms. The fourth-order valence-corrected chi connectivity index (χ4v) is 3.80. The van der Waals surface area contributed by atoms with Gasteiger partial charge in [0.2, 0.25) is 0 Å². The van der Waals surface area contributed by atoms with Gasteiger partial charge >= 0.3 is 15.5 Å². The van der Waals surface area contributed by atoms with E-state index in [0.29, 0.717) is 15.8 Å². The molecule has 1 aliphatic heterocycles. The van der Waals surface area contributed by atoms with Crippen molar-refractivity contribution in [2.24, 2.45) is 4.99 Å². The standard InChI is InChI=1S/C16H22F4N4O3S/c1-21-15(22-9-11-2-3-14(17)12(8-11)10-25)23-13-4-6-24(7-5-13)28(26,27)16(18,19)20/h2-3,8,13,25H,4-7,9-10H2,1H3,(H2,21,22,23). The van der Waals surface area contributed by atoms with Crippen molar-refractivity contribution in [3.63, 3.8) is 0 Å². The molecule has 1 heterocycles. The number of alkyl halides is 3. The van der Waals surface area contributed by atoms with E-state index in [9.17, 15) is 26.0 Å². The fraction of sp³-hybridized carbons (Fsp3) is 0.562. The van der Waals surface area contributed by atoms with Crippen LogP contribution in [0.2, 0.25) is 0 Å². The van der Waals surface area contributed by atoms with Crippen LogP contribution in [0.5, 0.6) is 0 Å². The van der Waals surface area contributed by atoms with Gasteiger partial charge in [-0.05, 0) is 30.5 Å². The third-order valence-corrected chi connectivity index (χ3v) is 6.02. The van der Waals surface area contributed by atoms with Gasteiger partial charge in [-0.2, -0.15) is 17.5 Å². The van der Waals surface area contributed by atoms with E-state index in [2.05, 4.69) is 15.6 Å². The highest BCUT2D eigenvalue weighted by Gasteiger charge is 2.50. The summed E-state index contributed by atoms with van der Waals surface area (Å²) in [6.07, 6.45) is 0.391. The van der Waals surface area contributed by atoms with Crippen LogP contribution in [0.3, 0.4) is 0 Å². The summed E-state index contributed by atoms with van der Waals surface area (Å²) in [5, 5.41) is 15.1. The number of rotatable bonds is 5. The summed E-state index contributed by atoms with van der Waals surface area (Å²) in [6.45, 7) is -0.622. The molecule has 0 radical (unpaired) electrons. The van der Waals surface area contributed by atoms with Crippen LogP contribution in [0.1, 0.15) is 24.0 Å². The highest BCUT2D eigenvalue weighted by molar-refractivity contribution is 7.90. The first-order chi connectivity index (χ1) is 13.1. The minimum atomic E-state index is -5.30.